The lowest BCUT2D eigenvalue weighted by Gasteiger charge is -2.34. The molecule has 1 amide bonds. The number of amides is 1. The number of Topliss-reactive ketones (excluding diaryl/α,β-unsaturated/α-hetero) is 1. The first-order valence-electron chi connectivity index (χ1n) is 11.0. The third kappa shape index (κ3) is 4.13. The minimum atomic E-state index is -0.596. The lowest BCUT2D eigenvalue weighted by atomic mass is 9.92. The van der Waals surface area contributed by atoms with E-state index in [-0.39, 0.29) is 23.5 Å². The van der Waals surface area contributed by atoms with E-state index in [1.165, 1.54) is 11.3 Å². The maximum atomic E-state index is 13.1. The summed E-state index contributed by atoms with van der Waals surface area (Å²) in [6.07, 6.45) is 5.11. The molecule has 1 atom stereocenters. The summed E-state index contributed by atoms with van der Waals surface area (Å²) in [5.41, 5.74) is 1.58. The largest absolute Gasteiger partial charge is 0.507 e. The Morgan fingerprint density at radius 3 is 2.52 bits per heavy atom. The predicted molar refractivity (Wildman–Crippen MR) is 122 cm³/mol. The van der Waals surface area contributed by atoms with Crippen molar-refractivity contribution in [3.63, 3.8) is 0 Å². The third-order valence-electron chi connectivity index (χ3n) is 6.07. The summed E-state index contributed by atoms with van der Waals surface area (Å²) >= 11 is 1.51. The van der Waals surface area contributed by atoms with E-state index in [0.717, 1.165) is 48.3 Å². The summed E-state index contributed by atoms with van der Waals surface area (Å²) in [5.74, 6) is -0.469. The molecule has 2 fully saturated rings. The van der Waals surface area contributed by atoms with Crippen molar-refractivity contribution in [1.82, 2.24) is 4.90 Å². The van der Waals surface area contributed by atoms with Crippen molar-refractivity contribution >= 4 is 28.8 Å². The smallest absolute Gasteiger partial charge is 0.295 e. The number of aryl methyl sites for hydroxylation is 1. The quantitative estimate of drug-likeness (QED) is 0.374. The molecule has 1 aromatic carbocycles. The van der Waals surface area contributed by atoms with Crippen LogP contribution in [0.4, 0.5) is 0 Å². The van der Waals surface area contributed by atoms with E-state index in [0.29, 0.717) is 5.56 Å². The van der Waals surface area contributed by atoms with Gasteiger partial charge in [0.2, 0.25) is 0 Å². The molecule has 1 saturated carbocycles. The number of ketones is 1. The molecule has 2 heterocycles. The molecule has 1 aliphatic carbocycles. The van der Waals surface area contributed by atoms with Gasteiger partial charge in [-0.15, -0.1) is 11.3 Å². The lowest BCUT2D eigenvalue weighted by molar-refractivity contribution is -0.141. The number of aliphatic hydroxyl groups excluding tert-OH is 1. The highest BCUT2D eigenvalue weighted by molar-refractivity contribution is 7.10. The van der Waals surface area contributed by atoms with Crippen molar-refractivity contribution in [3.8, 4) is 5.75 Å². The average molecular weight is 440 g/mol. The van der Waals surface area contributed by atoms with Crippen LogP contribution in [-0.2, 0) is 9.59 Å². The Hall–Kier alpha value is -2.60. The van der Waals surface area contributed by atoms with Crippen molar-refractivity contribution in [1.29, 1.82) is 0 Å². The van der Waals surface area contributed by atoms with Gasteiger partial charge in [0.25, 0.3) is 11.7 Å². The summed E-state index contributed by atoms with van der Waals surface area (Å²) in [7, 11) is 0. The van der Waals surface area contributed by atoms with E-state index in [9.17, 15) is 14.7 Å². The molecule has 6 heteroatoms. The highest BCUT2D eigenvalue weighted by Crippen LogP contribution is 2.44. The maximum absolute atomic E-state index is 13.1. The summed E-state index contributed by atoms with van der Waals surface area (Å²) in [4.78, 5) is 28.9. The topological polar surface area (TPSA) is 66.8 Å². The van der Waals surface area contributed by atoms with Gasteiger partial charge in [0, 0.05) is 16.5 Å². The summed E-state index contributed by atoms with van der Waals surface area (Å²) in [6, 6.07) is 8.73. The van der Waals surface area contributed by atoms with Crippen LogP contribution in [0.2, 0.25) is 0 Å². The van der Waals surface area contributed by atoms with Crippen LogP contribution < -0.4 is 4.74 Å². The zero-order chi connectivity index (χ0) is 22.1. The minimum absolute atomic E-state index is 0.0335. The molecule has 2 aromatic rings. The minimum Gasteiger partial charge on any atom is -0.507 e. The Labute approximate surface area is 187 Å². The van der Waals surface area contributed by atoms with Gasteiger partial charge in [-0.25, -0.2) is 0 Å². The zero-order valence-corrected chi connectivity index (χ0v) is 19.1. The zero-order valence-electron chi connectivity index (χ0n) is 18.3. The molecule has 5 nitrogen and oxygen atoms in total. The molecule has 2 aliphatic rings. The van der Waals surface area contributed by atoms with E-state index in [4.69, 9.17) is 4.74 Å². The van der Waals surface area contributed by atoms with Crippen LogP contribution in [0.1, 0.15) is 68.0 Å². The normalized spacial score (nSPS) is 21.8. The Balaban J connectivity index is 1.79. The predicted octanol–water partition coefficient (Wildman–Crippen LogP) is 5.60. The van der Waals surface area contributed by atoms with Crippen molar-refractivity contribution in [2.45, 2.75) is 71.1 Å². The number of likely N-dealkylation sites (tertiary alicyclic amines) is 1. The number of ether oxygens (including phenoxy) is 1. The van der Waals surface area contributed by atoms with Gasteiger partial charge in [0.1, 0.15) is 11.5 Å². The number of carbonyl (C=O) groups excluding carboxylic acids is 2. The molecule has 1 aromatic heterocycles. The summed E-state index contributed by atoms with van der Waals surface area (Å²) in [6.45, 7) is 5.83. The van der Waals surface area contributed by atoms with Gasteiger partial charge in [-0.05, 0) is 68.8 Å². The van der Waals surface area contributed by atoms with E-state index in [2.05, 4.69) is 0 Å². The van der Waals surface area contributed by atoms with E-state index < -0.39 is 17.7 Å². The number of hydrogen-bond acceptors (Lipinski definition) is 5. The molecule has 4 rings (SSSR count). The Morgan fingerprint density at radius 1 is 1.16 bits per heavy atom. The molecular formula is C25H29NO4S. The molecule has 31 heavy (non-hydrogen) atoms. The van der Waals surface area contributed by atoms with Gasteiger partial charge in [-0.1, -0.05) is 25.3 Å². The van der Waals surface area contributed by atoms with Crippen LogP contribution in [0, 0.1) is 6.92 Å². The summed E-state index contributed by atoms with van der Waals surface area (Å²) < 4.78 is 5.79. The molecule has 0 spiro atoms. The number of aliphatic hydroxyl groups is 1. The van der Waals surface area contributed by atoms with Gasteiger partial charge in [-0.2, -0.15) is 0 Å². The molecule has 1 aliphatic heterocycles. The molecule has 0 bridgehead atoms. The molecule has 1 unspecified atom stereocenters. The second kappa shape index (κ2) is 8.87. The van der Waals surface area contributed by atoms with Gasteiger partial charge >= 0.3 is 0 Å². The first-order chi connectivity index (χ1) is 14.9. The first kappa shape index (κ1) is 21.6. The Morgan fingerprint density at radius 2 is 1.90 bits per heavy atom. The van der Waals surface area contributed by atoms with Crippen LogP contribution in [0.15, 0.2) is 41.3 Å². The van der Waals surface area contributed by atoms with Gasteiger partial charge < -0.3 is 14.7 Å². The second-order valence-corrected chi connectivity index (χ2v) is 9.64. The fourth-order valence-corrected chi connectivity index (χ4v) is 5.48. The SMILES string of the molecule is Cc1cc(/C(O)=C2/C(=O)C(=O)N(C3CCCCC3)C2c2cccs2)ccc1OC(C)C. The van der Waals surface area contributed by atoms with Crippen LogP contribution in [0.3, 0.4) is 0 Å². The fraction of sp³-hybridized carbons (Fsp3) is 0.440. The van der Waals surface area contributed by atoms with Crippen LogP contribution in [-0.4, -0.2) is 33.8 Å². The van der Waals surface area contributed by atoms with Gasteiger partial charge in [0.15, 0.2) is 0 Å². The van der Waals surface area contributed by atoms with Gasteiger partial charge in [-0.3, -0.25) is 9.59 Å². The monoisotopic (exact) mass is 439 g/mol. The Bertz CT molecular complexity index is 1000. The molecule has 164 valence electrons. The lowest BCUT2D eigenvalue weighted by Crippen LogP contribution is -2.40. The number of rotatable bonds is 5. The molecule has 1 N–H and O–H groups in total. The number of benzene rings is 1. The van der Waals surface area contributed by atoms with Crippen LogP contribution >= 0.6 is 11.3 Å². The van der Waals surface area contributed by atoms with Crippen molar-refractivity contribution in [2.75, 3.05) is 0 Å². The fourth-order valence-electron chi connectivity index (χ4n) is 4.65. The van der Waals surface area contributed by atoms with Gasteiger partial charge in [0.05, 0.1) is 17.7 Å². The third-order valence-corrected chi connectivity index (χ3v) is 7.00. The Kier molecular flexibility index (Phi) is 6.19. The van der Waals surface area contributed by atoms with E-state index >= 15 is 0 Å². The molecular weight excluding hydrogens is 410 g/mol. The average Bonchev–Trinajstić information content (AvgIpc) is 3.36. The standard InChI is InChI=1S/C25H29NO4S/c1-15(2)30-19-12-11-17(14-16(19)3)23(27)21-22(20-10-7-13-31-20)26(25(29)24(21)28)18-8-5-4-6-9-18/h7,10-15,18,22,27H,4-6,8-9H2,1-3H3/b23-21-. The second-order valence-electron chi connectivity index (χ2n) is 8.66. The van der Waals surface area contributed by atoms with Crippen molar-refractivity contribution in [3.05, 3.63) is 57.3 Å². The van der Waals surface area contributed by atoms with Crippen LogP contribution in [0.25, 0.3) is 5.76 Å². The maximum Gasteiger partial charge on any atom is 0.295 e. The van der Waals surface area contributed by atoms with Crippen LogP contribution in [0.5, 0.6) is 5.75 Å². The molecule has 1 saturated heterocycles. The molecule has 0 radical (unpaired) electrons. The number of carbonyl (C=O) groups is 2. The first-order valence-corrected chi connectivity index (χ1v) is 11.9. The number of hydrogen-bond donors (Lipinski definition) is 1. The highest BCUT2D eigenvalue weighted by Gasteiger charge is 2.49. The van der Waals surface area contributed by atoms with Crippen molar-refractivity contribution in [2.24, 2.45) is 0 Å². The van der Waals surface area contributed by atoms with E-state index in [1.54, 1.807) is 11.0 Å². The highest BCUT2D eigenvalue weighted by atomic mass is 32.1. The van der Waals surface area contributed by atoms with E-state index in [1.807, 2.05) is 50.4 Å². The number of thiophene rings is 1. The van der Waals surface area contributed by atoms with Crippen molar-refractivity contribution < 1.29 is 19.4 Å². The number of nitrogens with zero attached hydrogens (tertiary/aromatic N) is 1. The summed E-state index contributed by atoms with van der Waals surface area (Å²) in [5, 5.41) is 13.2.